The Kier molecular flexibility index (Phi) is 4.04. The molecule has 5 nitrogen and oxygen atoms in total. The number of amides is 1. The molecule has 1 amide bonds. The number of ether oxygens (including phenoxy) is 1. The van der Waals surface area contributed by atoms with Crippen molar-refractivity contribution in [3.8, 4) is 5.75 Å². The number of carbonyl (C=O) groups excluding carboxylic acids is 1. The fourth-order valence-electron chi connectivity index (χ4n) is 2.13. The molecule has 0 bridgehead atoms. The molecule has 0 radical (unpaired) electrons. The molecule has 0 aromatic heterocycles. The summed E-state index contributed by atoms with van der Waals surface area (Å²) in [5, 5.41) is 1.12. The van der Waals surface area contributed by atoms with Crippen molar-refractivity contribution in [1.29, 1.82) is 0 Å². The topological polar surface area (TPSA) is 72.5 Å². The van der Waals surface area contributed by atoms with Gasteiger partial charge in [-0.05, 0) is 26.8 Å². The minimum absolute atomic E-state index is 0.288. The van der Waals surface area contributed by atoms with Crippen LogP contribution in [0.1, 0.15) is 32.4 Å². The van der Waals surface area contributed by atoms with Gasteiger partial charge in [0.2, 0.25) is 5.91 Å². The van der Waals surface area contributed by atoms with E-state index in [0.717, 1.165) is 11.3 Å². The van der Waals surface area contributed by atoms with Crippen LogP contribution in [0.2, 0.25) is 0 Å². The van der Waals surface area contributed by atoms with Gasteiger partial charge in [-0.25, -0.2) is 8.42 Å². The van der Waals surface area contributed by atoms with Crippen LogP contribution in [0.4, 0.5) is 0 Å². The quantitative estimate of drug-likeness (QED) is 0.913. The molecule has 0 unspecified atom stereocenters. The van der Waals surface area contributed by atoms with Gasteiger partial charge in [0.05, 0.1) is 11.3 Å². The van der Waals surface area contributed by atoms with Gasteiger partial charge in [-0.15, -0.1) is 0 Å². The minimum atomic E-state index is -3.45. The third-order valence-corrected chi connectivity index (χ3v) is 6.05. The van der Waals surface area contributed by atoms with Crippen LogP contribution >= 0.6 is 0 Å². The maximum Gasteiger partial charge on any atom is 0.238 e. The Morgan fingerprint density at radius 2 is 1.95 bits per heavy atom. The average molecular weight is 297 g/mol. The Morgan fingerprint density at radius 1 is 1.30 bits per heavy atom. The molecule has 0 aliphatic carbocycles. The van der Waals surface area contributed by atoms with E-state index < -0.39 is 26.2 Å². The molecule has 0 spiro atoms. The average Bonchev–Trinajstić information content (AvgIpc) is 2.81. The maximum atomic E-state index is 12.1. The molecule has 1 heterocycles. The molecule has 0 saturated heterocycles. The van der Waals surface area contributed by atoms with Crippen LogP contribution < -0.4 is 10.1 Å². The minimum Gasteiger partial charge on any atom is -0.491 e. The fraction of sp³-hybridized carbons (Fsp3) is 0.500. The Balaban J connectivity index is 2.11. The molecule has 1 N–H and O–H groups in total. The van der Waals surface area contributed by atoms with E-state index in [4.69, 9.17) is 4.74 Å². The van der Waals surface area contributed by atoms with E-state index >= 15 is 0 Å². The largest absolute Gasteiger partial charge is 0.491 e. The first-order chi connectivity index (χ1) is 9.34. The number of sulfone groups is 1. The third kappa shape index (κ3) is 2.65. The molecular formula is C14H19NO4S. The molecule has 1 aromatic rings. The van der Waals surface area contributed by atoms with Crippen molar-refractivity contribution in [3.05, 3.63) is 29.8 Å². The number of hydrogen-bond donors (Lipinski definition) is 1. The van der Waals surface area contributed by atoms with Crippen LogP contribution in [0, 0.1) is 0 Å². The molecule has 1 aliphatic rings. The van der Waals surface area contributed by atoms with Crippen molar-refractivity contribution < 1.29 is 17.9 Å². The Morgan fingerprint density at radius 3 is 2.60 bits per heavy atom. The number of benzene rings is 1. The van der Waals surface area contributed by atoms with E-state index in [9.17, 15) is 13.2 Å². The second kappa shape index (κ2) is 5.44. The van der Waals surface area contributed by atoms with Crippen LogP contribution in [-0.4, -0.2) is 31.4 Å². The van der Waals surface area contributed by atoms with E-state index in [1.807, 2.05) is 24.3 Å². The van der Waals surface area contributed by atoms with Gasteiger partial charge >= 0.3 is 0 Å². The third-order valence-electron chi connectivity index (χ3n) is 3.54. The summed E-state index contributed by atoms with van der Waals surface area (Å²) in [6, 6.07) is 7.13. The standard InChI is InChI=1S/C14H19NO4S/c1-9(2)20(17,18)10(3)14(16)15-12-8-19-13-7-5-4-6-11(12)13/h4-7,9-10,12H,8H2,1-3H3,(H,15,16)/t10-,12+/m0/s1. The molecular weight excluding hydrogens is 278 g/mol. The second-order valence-electron chi connectivity index (χ2n) is 5.19. The normalized spacial score (nSPS) is 19.3. The van der Waals surface area contributed by atoms with Crippen molar-refractivity contribution in [2.75, 3.05) is 6.61 Å². The summed E-state index contributed by atoms with van der Waals surface area (Å²) >= 11 is 0. The van der Waals surface area contributed by atoms with Gasteiger partial charge in [-0.1, -0.05) is 18.2 Å². The smallest absolute Gasteiger partial charge is 0.238 e. The van der Waals surface area contributed by atoms with E-state index in [-0.39, 0.29) is 6.04 Å². The first kappa shape index (κ1) is 14.8. The zero-order valence-corrected chi connectivity index (χ0v) is 12.6. The lowest BCUT2D eigenvalue weighted by Crippen LogP contribution is -2.42. The summed E-state index contributed by atoms with van der Waals surface area (Å²) in [5.41, 5.74) is 0.884. The first-order valence-electron chi connectivity index (χ1n) is 6.59. The molecule has 110 valence electrons. The van der Waals surface area contributed by atoms with Crippen LogP contribution in [0.5, 0.6) is 5.75 Å². The predicted octanol–water partition coefficient (Wildman–Crippen LogP) is 1.45. The van der Waals surface area contributed by atoms with Crippen LogP contribution in [0.25, 0.3) is 0 Å². The number of fused-ring (bicyclic) bond motifs is 1. The van der Waals surface area contributed by atoms with Crippen molar-refractivity contribution in [2.45, 2.75) is 37.3 Å². The highest BCUT2D eigenvalue weighted by Gasteiger charge is 2.33. The highest BCUT2D eigenvalue weighted by atomic mass is 32.2. The molecule has 6 heteroatoms. The Labute approximate surface area is 119 Å². The summed E-state index contributed by atoms with van der Waals surface area (Å²) < 4.78 is 29.5. The number of para-hydroxylation sites is 1. The molecule has 20 heavy (non-hydrogen) atoms. The van der Waals surface area contributed by atoms with Gasteiger partial charge in [0, 0.05) is 5.56 Å². The summed E-state index contributed by atoms with van der Waals surface area (Å²) in [5.74, 6) is 0.251. The zero-order valence-electron chi connectivity index (χ0n) is 11.8. The van der Waals surface area contributed by atoms with Crippen molar-refractivity contribution in [2.24, 2.45) is 0 Å². The summed E-state index contributed by atoms with van der Waals surface area (Å²) in [6.45, 7) is 4.91. The number of nitrogens with one attached hydrogen (secondary N) is 1. The van der Waals surface area contributed by atoms with E-state index in [2.05, 4.69) is 5.32 Å². The summed E-state index contributed by atoms with van der Waals surface area (Å²) in [4.78, 5) is 12.1. The second-order valence-corrected chi connectivity index (χ2v) is 8.02. The maximum absolute atomic E-state index is 12.1. The number of rotatable bonds is 4. The van der Waals surface area contributed by atoms with Crippen LogP contribution in [-0.2, 0) is 14.6 Å². The lowest BCUT2D eigenvalue weighted by atomic mass is 10.1. The van der Waals surface area contributed by atoms with Crippen LogP contribution in [0.3, 0.4) is 0 Å². The van der Waals surface area contributed by atoms with Gasteiger partial charge in [-0.2, -0.15) is 0 Å². The lowest BCUT2D eigenvalue weighted by molar-refractivity contribution is -0.121. The molecule has 1 aromatic carbocycles. The van der Waals surface area contributed by atoms with Crippen molar-refractivity contribution in [1.82, 2.24) is 5.32 Å². The zero-order chi connectivity index (χ0) is 14.9. The van der Waals surface area contributed by atoms with Gasteiger partial charge in [0.1, 0.15) is 17.6 Å². The summed E-state index contributed by atoms with van der Waals surface area (Å²) in [6.07, 6.45) is 0. The van der Waals surface area contributed by atoms with Gasteiger partial charge in [-0.3, -0.25) is 4.79 Å². The van der Waals surface area contributed by atoms with E-state index in [1.165, 1.54) is 6.92 Å². The Hall–Kier alpha value is -1.56. The van der Waals surface area contributed by atoms with Gasteiger partial charge in [0.25, 0.3) is 0 Å². The monoisotopic (exact) mass is 297 g/mol. The lowest BCUT2D eigenvalue weighted by Gasteiger charge is -2.18. The van der Waals surface area contributed by atoms with E-state index in [0.29, 0.717) is 6.61 Å². The van der Waals surface area contributed by atoms with Crippen molar-refractivity contribution >= 4 is 15.7 Å². The highest BCUT2D eigenvalue weighted by molar-refractivity contribution is 7.93. The first-order valence-corrected chi connectivity index (χ1v) is 8.19. The SMILES string of the molecule is CC(C)S(=O)(=O)[C@@H](C)C(=O)N[C@@H]1COc2ccccc21. The molecule has 0 saturated carbocycles. The molecule has 1 aliphatic heterocycles. The Bertz CT molecular complexity index is 609. The summed E-state index contributed by atoms with van der Waals surface area (Å²) in [7, 11) is -3.45. The molecule has 2 atom stereocenters. The molecule has 0 fully saturated rings. The van der Waals surface area contributed by atoms with E-state index in [1.54, 1.807) is 13.8 Å². The molecule has 2 rings (SSSR count). The van der Waals surface area contributed by atoms with Crippen LogP contribution in [0.15, 0.2) is 24.3 Å². The van der Waals surface area contributed by atoms with Gasteiger partial charge < -0.3 is 10.1 Å². The van der Waals surface area contributed by atoms with Gasteiger partial charge in [0.15, 0.2) is 9.84 Å². The number of hydrogen-bond acceptors (Lipinski definition) is 4. The fourth-order valence-corrected chi connectivity index (χ4v) is 3.31. The van der Waals surface area contributed by atoms with Crippen molar-refractivity contribution in [3.63, 3.8) is 0 Å². The predicted molar refractivity (Wildman–Crippen MR) is 76.3 cm³/mol. The highest BCUT2D eigenvalue weighted by Crippen LogP contribution is 2.31. The number of carbonyl (C=O) groups is 1.